The Kier molecular flexibility index (Phi) is 2.51. The second kappa shape index (κ2) is 3.32. The monoisotopic (exact) mass is 197 g/mol. The molecule has 1 amide bonds. The van der Waals surface area contributed by atoms with Crippen molar-refractivity contribution >= 4 is 5.91 Å². The number of carbonyl (C=O) groups excluding carboxylic acids is 1. The summed E-state index contributed by atoms with van der Waals surface area (Å²) in [6, 6.07) is 0. The summed E-state index contributed by atoms with van der Waals surface area (Å²) in [5, 5.41) is 0. The minimum absolute atomic E-state index is 0.198. The van der Waals surface area contributed by atoms with Crippen LogP contribution in [0.1, 0.15) is 31.3 Å². The van der Waals surface area contributed by atoms with Crippen LogP contribution < -0.4 is 5.69 Å². The molecule has 0 aromatic carbocycles. The summed E-state index contributed by atoms with van der Waals surface area (Å²) in [5.41, 5.74) is -0.339. The van der Waals surface area contributed by atoms with E-state index in [9.17, 15) is 9.59 Å². The summed E-state index contributed by atoms with van der Waals surface area (Å²) in [7, 11) is 1.70. The fraction of sp³-hybridized carbons (Fsp3) is 0.556. The molecule has 0 saturated carbocycles. The van der Waals surface area contributed by atoms with Gasteiger partial charge in [-0.1, -0.05) is 0 Å². The number of aromatic nitrogens is 2. The molecule has 5 heteroatoms. The lowest BCUT2D eigenvalue weighted by atomic mass is 10.1. The van der Waals surface area contributed by atoms with Crippen LogP contribution in [0.15, 0.2) is 11.0 Å². The predicted molar refractivity (Wildman–Crippen MR) is 53.3 cm³/mol. The molecule has 5 nitrogen and oxygen atoms in total. The van der Waals surface area contributed by atoms with Crippen molar-refractivity contribution in [3.63, 3.8) is 0 Å². The normalized spacial score (nSPS) is 11.4. The molecule has 0 saturated heterocycles. The summed E-state index contributed by atoms with van der Waals surface area (Å²) in [6.45, 7) is 5.78. The van der Waals surface area contributed by atoms with Crippen LogP contribution in [0.25, 0.3) is 0 Å². The Morgan fingerprint density at radius 2 is 2.00 bits per heavy atom. The highest BCUT2D eigenvalue weighted by molar-refractivity contribution is 5.92. The van der Waals surface area contributed by atoms with Crippen molar-refractivity contribution in [1.82, 2.24) is 14.9 Å². The van der Waals surface area contributed by atoms with E-state index in [1.165, 1.54) is 6.20 Å². The van der Waals surface area contributed by atoms with Gasteiger partial charge in [0.1, 0.15) is 5.69 Å². The number of rotatable bonds is 1. The maximum atomic E-state index is 11.7. The SMILES string of the molecule is CN(C(=O)c1c[nH]c(=O)[nH]1)C(C)(C)C. The smallest absolute Gasteiger partial charge is 0.323 e. The highest BCUT2D eigenvalue weighted by atomic mass is 16.2. The Hall–Kier alpha value is -1.52. The Labute approximate surface area is 82.1 Å². The van der Waals surface area contributed by atoms with Gasteiger partial charge in [0.25, 0.3) is 5.91 Å². The van der Waals surface area contributed by atoms with Crippen molar-refractivity contribution in [2.45, 2.75) is 26.3 Å². The minimum atomic E-state index is -0.365. The molecule has 1 aromatic heterocycles. The molecule has 0 bridgehead atoms. The zero-order valence-electron chi connectivity index (χ0n) is 8.84. The van der Waals surface area contributed by atoms with Crippen LogP contribution >= 0.6 is 0 Å². The standard InChI is InChI=1S/C9H15N3O2/c1-9(2,3)12(4)7(13)6-5-10-8(14)11-6/h5H,1-4H3,(H2,10,11,14). The van der Waals surface area contributed by atoms with Crippen LogP contribution in [0.5, 0.6) is 0 Å². The molecule has 1 heterocycles. The van der Waals surface area contributed by atoms with E-state index in [4.69, 9.17) is 0 Å². The number of aromatic amines is 2. The largest absolute Gasteiger partial charge is 0.336 e. The van der Waals surface area contributed by atoms with Crippen molar-refractivity contribution in [2.24, 2.45) is 0 Å². The Bertz CT molecular complexity index is 383. The average Bonchev–Trinajstić information content (AvgIpc) is 2.47. The van der Waals surface area contributed by atoms with Gasteiger partial charge in [0.2, 0.25) is 0 Å². The molecule has 0 atom stereocenters. The summed E-state index contributed by atoms with van der Waals surface area (Å²) in [6.07, 6.45) is 1.38. The van der Waals surface area contributed by atoms with E-state index in [2.05, 4.69) is 9.97 Å². The van der Waals surface area contributed by atoms with Crippen molar-refractivity contribution in [2.75, 3.05) is 7.05 Å². The molecule has 0 aliphatic heterocycles. The molecule has 14 heavy (non-hydrogen) atoms. The number of H-pyrrole nitrogens is 2. The lowest BCUT2D eigenvalue weighted by Crippen LogP contribution is -2.42. The van der Waals surface area contributed by atoms with Crippen LogP contribution in [0.4, 0.5) is 0 Å². The molecule has 0 spiro atoms. The van der Waals surface area contributed by atoms with Gasteiger partial charge < -0.3 is 14.9 Å². The van der Waals surface area contributed by atoms with Gasteiger partial charge in [-0.15, -0.1) is 0 Å². The molecule has 0 radical (unpaired) electrons. The van der Waals surface area contributed by atoms with Crippen LogP contribution in [0.2, 0.25) is 0 Å². The summed E-state index contributed by atoms with van der Waals surface area (Å²) in [5.74, 6) is -0.198. The highest BCUT2D eigenvalue weighted by Crippen LogP contribution is 2.12. The number of nitrogens with zero attached hydrogens (tertiary/aromatic N) is 1. The van der Waals surface area contributed by atoms with Gasteiger partial charge in [-0.2, -0.15) is 0 Å². The summed E-state index contributed by atoms with van der Waals surface area (Å²) in [4.78, 5) is 28.9. The van der Waals surface area contributed by atoms with Crippen LogP contribution in [-0.4, -0.2) is 33.4 Å². The van der Waals surface area contributed by atoms with Crippen LogP contribution in [0, 0.1) is 0 Å². The number of nitrogens with one attached hydrogen (secondary N) is 2. The highest BCUT2D eigenvalue weighted by Gasteiger charge is 2.24. The Morgan fingerprint density at radius 3 is 2.36 bits per heavy atom. The zero-order valence-corrected chi connectivity index (χ0v) is 8.84. The van der Waals surface area contributed by atoms with Gasteiger partial charge in [-0.25, -0.2) is 4.79 Å². The van der Waals surface area contributed by atoms with Crippen LogP contribution in [0.3, 0.4) is 0 Å². The van der Waals surface area contributed by atoms with E-state index in [-0.39, 0.29) is 22.8 Å². The third kappa shape index (κ3) is 2.04. The molecule has 78 valence electrons. The number of hydrogen-bond acceptors (Lipinski definition) is 2. The molecular weight excluding hydrogens is 182 g/mol. The Balaban J connectivity index is 2.92. The number of carbonyl (C=O) groups is 1. The first-order valence-corrected chi connectivity index (χ1v) is 4.38. The molecule has 2 N–H and O–H groups in total. The second-order valence-corrected chi connectivity index (χ2v) is 4.19. The molecule has 1 aromatic rings. The molecular formula is C9H15N3O2. The first-order valence-electron chi connectivity index (χ1n) is 4.38. The first-order chi connectivity index (χ1) is 6.32. The Morgan fingerprint density at radius 1 is 1.43 bits per heavy atom. The quantitative estimate of drug-likeness (QED) is 0.691. The molecule has 0 fully saturated rings. The summed E-state index contributed by atoms with van der Waals surface area (Å²) < 4.78 is 0. The van der Waals surface area contributed by atoms with Gasteiger partial charge in [0.05, 0.1) is 0 Å². The first kappa shape index (κ1) is 10.6. The van der Waals surface area contributed by atoms with Crippen molar-refractivity contribution in [1.29, 1.82) is 0 Å². The molecule has 0 unspecified atom stereocenters. The van der Waals surface area contributed by atoms with Gasteiger partial charge >= 0.3 is 5.69 Å². The third-order valence-corrected chi connectivity index (χ3v) is 2.14. The third-order valence-electron chi connectivity index (χ3n) is 2.14. The maximum Gasteiger partial charge on any atom is 0.323 e. The maximum absolute atomic E-state index is 11.7. The van der Waals surface area contributed by atoms with Gasteiger partial charge in [-0.3, -0.25) is 4.79 Å². The fourth-order valence-electron chi connectivity index (χ4n) is 0.933. The van der Waals surface area contributed by atoms with E-state index in [0.717, 1.165) is 0 Å². The van der Waals surface area contributed by atoms with Gasteiger partial charge in [-0.05, 0) is 20.8 Å². The topological polar surface area (TPSA) is 69.0 Å². The molecule has 1 rings (SSSR count). The minimum Gasteiger partial charge on any atom is -0.336 e. The van der Waals surface area contributed by atoms with E-state index < -0.39 is 0 Å². The van der Waals surface area contributed by atoms with E-state index in [1.54, 1.807) is 11.9 Å². The second-order valence-electron chi connectivity index (χ2n) is 4.19. The van der Waals surface area contributed by atoms with Crippen molar-refractivity contribution < 1.29 is 4.79 Å². The van der Waals surface area contributed by atoms with Gasteiger partial charge in [0.15, 0.2) is 0 Å². The number of hydrogen-bond donors (Lipinski definition) is 2. The molecule has 0 aliphatic rings. The summed E-state index contributed by atoms with van der Waals surface area (Å²) >= 11 is 0. The molecule has 0 aliphatic carbocycles. The van der Waals surface area contributed by atoms with Crippen molar-refractivity contribution in [3.8, 4) is 0 Å². The van der Waals surface area contributed by atoms with E-state index in [0.29, 0.717) is 0 Å². The average molecular weight is 197 g/mol. The van der Waals surface area contributed by atoms with Crippen molar-refractivity contribution in [3.05, 3.63) is 22.4 Å². The fourth-order valence-corrected chi connectivity index (χ4v) is 0.933. The lowest BCUT2D eigenvalue weighted by molar-refractivity contribution is 0.0650. The zero-order chi connectivity index (χ0) is 10.9. The van der Waals surface area contributed by atoms with E-state index >= 15 is 0 Å². The lowest BCUT2D eigenvalue weighted by Gasteiger charge is -2.31. The number of amides is 1. The van der Waals surface area contributed by atoms with E-state index in [1.807, 2.05) is 20.8 Å². The predicted octanol–water partition coefficient (Wildman–Crippen LogP) is 0.573. The number of imidazole rings is 1. The van der Waals surface area contributed by atoms with Crippen LogP contribution in [-0.2, 0) is 0 Å². The van der Waals surface area contributed by atoms with Gasteiger partial charge in [0, 0.05) is 18.8 Å².